The minimum atomic E-state index is -0.507. The zero-order valence-corrected chi connectivity index (χ0v) is 14.1. The van der Waals surface area contributed by atoms with E-state index in [-0.39, 0.29) is 17.9 Å². The average molecular weight is 364 g/mol. The number of aromatic nitrogens is 1. The van der Waals surface area contributed by atoms with Crippen molar-refractivity contribution in [3.8, 4) is 0 Å². The van der Waals surface area contributed by atoms with Gasteiger partial charge < -0.3 is 9.73 Å². The van der Waals surface area contributed by atoms with Crippen LogP contribution < -0.4 is 9.88 Å². The maximum absolute atomic E-state index is 13.5. The van der Waals surface area contributed by atoms with Gasteiger partial charge in [-0.05, 0) is 30.3 Å². The Kier molecular flexibility index (Phi) is 4.25. The minimum Gasteiger partial charge on any atom is -0.467 e. The summed E-state index contributed by atoms with van der Waals surface area (Å²) in [6, 6.07) is 14.4. The summed E-state index contributed by atoms with van der Waals surface area (Å²) in [6.45, 7) is 0.00981. The molecule has 0 atom stereocenters. The van der Waals surface area contributed by atoms with Crippen molar-refractivity contribution < 1.29 is 23.0 Å². The van der Waals surface area contributed by atoms with Crippen molar-refractivity contribution in [1.29, 1.82) is 0 Å². The second-order valence-electron chi connectivity index (χ2n) is 5.92. The van der Waals surface area contributed by atoms with E-state index in [1.807, 2.05) is 0 Å². The topological polar surface area (TPSA) is 66.4 Å². The summed E-state index contributed by atoms with van der Waals surface area (Å²) in [7, 11) is 0. The molecule has 0 bridgehead atoms. The third-order valence-electron chi connectivity index (χ3n) is 4.11. The normalized spacial score (nSPS) is 14.2. The second-order valence-corrected chi connectivity index (χ2v) is 5.92. The molecule has 4 rings (SSSR count). The summed E-state index contributed by atoms with van der Waals surface area (Å²) in [4.78, 5) is 27.0. The molecule has 0 radical (unpaired) electrons. The van der Waals surface area contributed by atoms with Crippen molar-refractivity contribution in [2.45, 2.75) is 6.54 Å². The largest absolute Gasteiger partial charge is 0.467 e. The Morgan fingerprint density at radius 1 is 1.00 bits per heavy atom. The number of nitrogens with zero attached hydrogens (tertiary/aromatic N) is 2. The number of hydrogen-bond donors (Lipinski definition) is 1. The molecule has 134 valence electrons. The lowest BCUT2D eigenvalue weighted by molar-refractivity contribution is -0.577. The van der Waals surface area contributed by atoms with Crippen LogP contribution in [-0.4, -0.2) is 16.7 Å². The van der Waals surface area contributed by atoms with E-state index in [1.54, 1.807) is 53.4 Å². The van der Waals surface area contributed by atoms with E-state index >= 15 is 0 Å². The molecule has 1 aromatic carbocycles. The highest BCUT2D eigenvalue weighted by atomic mass is 19.1. The van der Waals surface area contributed by atoms with Gasteiger partial charge in [-0.1, -0.05) is 12.1 Å². The third kappa shape index (κ3) is 3.22. The monoisotopic (exact) mass is 364 g/mol. The lowest BCUT2D eigenvalue weighted by atomic mass is 10.2. The maximum atomic E-state index is 13.5. The molecular weight excluding hydrogens is 349 g/mol. The Labute approximate surface area is 154 Å². The summed E-state index contributed by atoms with van der Waals surface area (Å²) in [6.07, 6.45) is 4.82. The fraction of sp³-hybridized carbons (Fsp3) is 0.0500. The van der Waals surface area contributed by atoms with Gasteiger partial charge in [-0.2, -0.15) is 4.57 Å². The summed E-state index contributed by atoms with van der Waals surface area (Å²) < 4.78 is 20.3. The van der Waals surface area contributed by atoms with Crippen LogP contribution in [0.4, 0.5) is 10.1 Å². The average Bonchev–Trinajstić information content (AvgIpc) is 3.26. The molecule has 0 saturated heterocycles. The molecule has 0 saturated carbocycles. The number of imide groups is 1. The number of rotatable bonds is 5. The third-order valence-corrected chi connectivity index (χ3v) is 4.11. The molecule has 0 spiro atoms. The van der Waals surface area contributed by atoms with Gasteiger partial charge in [0, 0.05) is 17.8 Å². The van der Waals surface area contributed by atoms with Gasteiger partial charge >= 0.3 is 11.6 Å². The molecule has 0 aliphatic carbocycles. The maximum Gasteiger partial charge on any atom is 0.328 e. The van der Waals surface area contributed by atoms with E-state index in [9.17, 15) is 14.0 Å². The molecule has 3 heterocycles. The number of carbonyl (C=O) groups is 2. The number of benzene rings is 1. The zero-order valence-electron chi connectivity index (χ0n) is 14.1. The first kappa shape index (κ1) is 16.7. The van der Waals surface area contributed by atoms with E-state index in [0.29, 0.717) is 11.4 Å². The zero-order chi connectivity index (χ0) is 18.8. The van der Waals surface area contributed by atoms with Gasteiger partial charge in [0.25, 0.3) is 5.91 Å². The van der Waals surface area contributed by atoms with Crippen LogP contribution in [0.15, 0.2) is 83.4 Å². The highest BCUT2D eigenvalue weighted by Crippen LogP contribution is 2.25. The van der Waals surface area contributed by atoms with Gasteiger partial charge in [0.15, 0.2) is 18.1 Å². The van der Waals surface area contributed by atoms with E-state index in [1.165, 1.54) is 24.5 Å². The Morgan fingerprint density at radius 3 is 2.52 bits per heavy atom. The number of carbonyl (C=O) groups excluding carboxylic acids is 2. The van der Waals surface area contributed by atoms with Crippen LogP contribution >= 0.6 is 0 Å². The number of halogens is 1. The van der Waals surface area contributed by atoms with Gasteiger partial charge in [0.1, 0.15) is 11.6 Å². The van der Waals surface area contributed by atoms with Crippen molar-refractivity contribution in [3.63, 3.8) is 0 Å². The van der Waals surface area contributed by atoms with Gasteiger partial charge in [-0.15, -0.1) is 0 Å². The summed E-state index contributed by atoms with van der Waals surface area (Å²) in [5, 5.41) is 2.90. The van der Waals surface area contributed by atoms with E-state index < -0.39 is 17.6 Å². The fourth-order valence-electron chi connectivity index (χ4n) is 2.88. The molecule has 1 aliphatic rings. The number of pyridine rings is 1. The predicted molar refractivity (Wildman–Crippen MR) is 94.1 cm³/mol. The summed E-state index contributed by atoms with van der Waals surface area (Å²) >= 11 is 0. The van der Waals surface area contributed by atoms with E-state index in [0.717, 1.165) is 4.90 Å². The second kappa shape index (κ2) is 6.87. The Balaban J connectivity index is 1.75. The molecule has 3 aromatic rings. The first-order valence-corrected chi connectivity index (χ1v) is 8.25. The number of hydrogen-bond acceptors (Lipinski definition) is 4. The number of amides is 2. The van der Waals surface area contributed by atoms with Crippen LogP contribution in [0.25, 0.3) is 5.70 Å². The number of nitrogens with one attached hydrogen (secondary N) is 1. The number of anilines is 1. The molecule has 2 amide bonds. The fourth-order valence-corrected chi connectivity index (χ4v) is 2.88. The lowest BCUT2D eigenvalue weighted by Gasteiger charge is -2.12. The molecule has 1 N–H and O–H groups in total. The Morgan fingerprint density at radius 2 is 1.81 bits per heavy atom. The van der Waals surface area contributed by atoms with Crippen LogP contribution in [0.2, 0.25) is 0 Å². The quantitative estimate of drug-likeness (QED) is 0.558. The van der Waals surface area contributed by atoms with Crippen molar-refractivity contribution in [3.05, 3.63) is 90.5 Å². The van der Waals surface area contributed by atoms with Crippen molar-refractivity contribution in [2.24, 2.45) is 0 Å². The van der Waals surface area contributed by atoms with Gasteiger partial charge in [0.05, 0.1) is 12.8 Å². The van der Waals surface area contributed by atoms with Crippen molar-refractivity contribution in [1.82, 2.24) is 4.90 Å². The first-order valence-electron chi connectivity index (χ1n) is 8.25. The van der Waals surface area contributed by atoms with Crippen LogP contribution in [-0.2, 0) is 16.1 Å². The van der Waals surface area contributed by atoms with E-state index in [2.05, 4.69) is 5.32 Å². The van der Waals surface area contributed by atoms with Crippen LogP contribution in [0, 0.1) is 5.82 Å². The smallest absolute Gasteiger partial charge is 0.328 e. The molecule has 2 aromatic heterocycles. The molecule has 27 heavy (non-hydrogen) atoms. The molecular formula is C20H15FN3O3+. The molecule has 0 unspecified atom stereocenters. The first-order chi connectivity index (χ1) is 13.1. The molecule has 0 fully saturated rings. The van der Waals surface area contributed by atoms with Crippen molar-refractivity contribution in [2.75, 3.05) is 5.32 Å². The molecule has 1 aliphatic heterocycles. The van der Waals surface area contributed by atoms with Crippen LogP contribution in [0.1, 0.15) is 5.76 Å². The number of furan rings is 1. The van der Waals surface area contributed by atoms with E-state index in [4.69, 9.17) is 4.42 Å². The SMILES string of the molecule is O=C1C(Nc2cccc(F)c2)=C([n+]2ccccc2)C(=O)N1Cc1ccco1. The predicted octanol–water partition coefficient (Wildman–Crippen LogP) is 2.56. The van der Waals surface area contributed by atoms with Gasteiger partial charge in [-0.3, -0.25) is 14.5 Å². The minimum absolute atomic E-state index is 0.00981. The molecule has 6 nitrogen and oxygen atoms in total. The summed E-state index contributed by atoms with van der Waals surface area (Å²) in [5.41, 5.74) is 0.616. The van der Waals surface area contributed by atoms with Crippen molar-refractivity contribution >= 4 is 23.2 Å². The van der Waals surface area contributed by atoms with Crippen LogP contribution in [0.5, 0.6) is 0 Å². The van der Waals surface area contributed by atoms with Gasteiger partial charge in [0.2, 0.25) is 0 Å². The Hall–Kier alpha value is -3.74. The molecule has 7 heteroatoms. The highest BCUT2D eigenvalue weighted by Gasteiger charge is 2.45. The highest BCUT2D eigenvalue weighted by molar-refractivity contribution is 6.30. The van der Waals surface area contributed by atoms with Gasteiger partial charge in [-0.25, -0.2) is 4.39 Å². The lowest BCUT2D eigenvalue weighted by Crippen LogP contribution is -2.39. The summed E-state index contributed by atoms with van der Waals surface area (Å²) in [5.74, 6) is -0.932. The van der Waals surface area contributed by atoms with Crippen LogP contribution in [0.3, 0.4) is 0 Å². The standard InChI is InChI=1S/C20H14FN3O3/c21-14-6-4-7-15(12-14)22-17-18(23-9-2-1-3-10-23)20(26)24(19(17)25)13-16-8-5-11-27-16/h1-12H,13H2/p+1. The Bertz CT molecular complexity index is 1030.